The Labute approximate surface area is 146 Å². The molecular formula is C18H33ClO4. The van der Waals surface area contributed by atoms with Crippen molar-refractivity contribution in [3.63, 3.8) is 0 Å². The molecule has 0 fully saturated rings. The summed E-state index contributed by atoms with van der Waals surface area (Å²) in [6.07, 6.45) is 9.38. The van der Waals surface area contributed by atoms with Crippen LogP contribution < -0.4 is 0 Å². The zero-order valence-corrected chi connectivity index (χ0v) is 15.5. The SMILES string of the molecule is CCCC(CC)OC(=O)CCC(=O)OCCCCCCCCCl. The smallest absolute Gasteiger partial charge is 0.306 e. The number of alkyl halides is 1. The summed E-state index contributed by atoms with van der Waals surface area (Å²) in [6.45, 7) is 4.50. The molecule has 0 radical (unpaired) electrons. The second kappa shape index (κ2) is 16.1. The van der Waals surface area contributed by atoms with E-state index in [1.807, 2.05) is 6.92 Å². The van der Waals surface area contributed by atoms with E-state index in [9.17, 15) is 9.59 Å². The second-order valence-electron chi connectivity index (χ2n) is 5.84. The molecule has 0 aliphatic carbocycles. The van der Waals surface area contributed by atoms with E-state index in [0.717, 1.165) is 50.8 Å². The fourth-order valence-electron chi connectivity index (χ4n) is 2.28. The van der Waals surface area contributed by atoms with Crippen molar-refractivity contribution in [2.24, 2.45) is 0 Å². The van der Waals surface area contributed by atoms with Crippen molar-refractivity contribution in [2.75, 3.05) is 12.5 Å². The molecule has 0 N–H and O–H groups in total. The van der Waals surface area contributed by atoms with Crippen LogP contribution in [0.2, 0.25) is 0 Å². The quantitative estimate of drug-likeness (QED) is 0.237. The van der Waals surface area contributed by atoms with Gasteiger partial charge in [-0.15, -0.1) is 11.6 Å². The summed E-state index contributed by atoms with van der Waals surface area (Å²) in [7, 11) is 0. The highest BCUT2D eigenvalue weighted by Crippen LogP contribution is 2.09. The number of hydrogen-bond acceptors (Lipinski definition) is 4. The lowest BCUT2D eigenvalue weighted by Gasteiger charge is -2.15. The summed E-state index contributed by atoms with van der Waals surface area (Å²) in [5.74, 6) is 0.117. The van der Waals surface area contributed by atoms with Gasteiger partial charge in [-0.05, 0) is 25.7 Å². The average Bonchev–Trinajstić information content (AvgIpc) is 2.55. The van der Waals surface area contributed by atoms with Gasteiger partial charge in [-0.2, -0.15) is 0 Å². The zero-order valence-electron chi connectivity index (χ0n) is 14.8. The molecule has 5 heteroatoms. The van der Waals surface area contributed by atoms with E-state index >= 15 is 0 Å². The molecule has 1 atom stereocenters. The van der Waals surface area contributed by atoms with Crippen molar-refractivity contribution in [3.05, 3.63) is 0 Å². The van der Waals surface area contributed by atoms with Crippen molar-refractivity contribution in [2.45, 2.75) is 90.6 Å². The second-order valence-corrected chi connectivity index (χ2v) is 6.22. The van der Waals surface area contributed by atoms with Gasteiger partial charge in [0.05, 0.1) is 19.4 Å². The molecule has 0 bridgehead atoms. The Morgan fingerprint density at radius 3 is 2.13 bits per heavy atom. The fourth-order valence-corrected chi connectivity index (χ4v) is 2.47. The molecule has 0 amide bonds. The maximum atomic E-state index is 11.7. The number of halogens is 1. The lowest BCUT2D eigenvalue weighted by Crippen LogP contribution is -2.18. The topological polar surface area (TPSA) is 52.6 Å². The van der Waals surface area contributed by atoms with Crippen LogP contribution in [0.4, 0.5) is 0 Å². The molecule has 23 heavy (non-hydrogen) atoms. The first-order valence-electron chi connectivity index (χ1n) is 9.05. The molecule has 4 nitrogen and oxygen atoms in total. The van der Waals surface area contributed by atoms with Crippen LogP contribution in [0.25, 0.3) is 0 Å². The minimum Gasteiger partial charge on any atom is -0.466 e. The normalized spacial score (nSPS) is 12.0. The summed E-state index contributed by atoms with van der Waals surface area (Å²) in [4.78, 5) is 23.2. The Kier molecular flexibility index (Phi) is 15.6. The van der Waals surface area contributed by atoms with E-state index in [2.05, 4.69) is 6.92 Å². The van der Waals surface area contributed by atoms with E-state index in [4.69, 9.17) is 21.1 Å². The van der Waals surface area contributed by atoms with Crippen molar-refractivity contribution < 1.29 is 19.1 Å². The summed E-state index contributed by atoms with van der Waals surface area (Å²) in [5, 5.41) is 0. The van der Waals surface area contributed by atoms with Crippen LogP contribution in [0.1, 0.15) is 84.5 Å². The first kappa shape index (κ1) is 22.2. The molecule has 0 aromatic heterocycles. The van der Waals surface area contributed by atoms with E-state index in [1.54, 1.807) is 0 Å². The van der Waals surface area contributed by atoms with Gasteiger partial charge in [0.1, 0.15) is 6.10 Å². The monoisotopic (exact) mass is 348 g/mol. The predicted octanol–water partition coefficient (Wildman–Crippen LogP) is 5.01. The number of carbonyl (C=O) groups is 2. The molecule has 1 unspecified atom stereocenters. The third-order valence-corrected chi connectivity index (χ3v) is 3.96. The highest BCUT2D eigenvalue weighted by molar-refractivity contribution is 6.17. The van der Waals surface area contributed by atoms with Crippen molar-refractivity contribution in [1.29, 1.82) is 0 Å². The number of unbranched alkanes of at least 4 members (excludes halogenated alkanes) is 5. The molecule has 0 rings (SSSR count). The predicted molar refractivity (Wildman–Crippen MR) is 93.7 cm³/mol. The number of carbonyl (C=O) groups excluding carboxylic acids is 2. The fraction of sp³-hybridized carbons (Fsp3) is 0.889. The van der Waals surface area contributed by atoms with Gasteiger partial charge >= 0.3 is 11.9 Å². The van der Waals surface area contributed by atoms with Crippen molar-refractivity contribution >= 4 is 23.5 Å². The maximum Gasteiger partial charge on any atom is 0.306 e. The van der Waals surface area contributed by atoms with E-state index in [1.165, 1.54) is 12.8 Å². The van der Waals surface area contributed by atoms with E-state index in [0.29, 0.717) is 6.61 Å². The Hall–Kier alpha value is -0.770. The Bertz CT molecular complexity index is 307. The van der Waals surface area contributed by atoms with Gasteiger partial charge in [0.15, 0.2) is 0 Å². The third-order valence-electron chi connectivity index (χ3n) is 3.69. The molecule has 0 saturated heterocycles. The summed E-state index contributed by atoms with van der Waals surface area (Å²) >= 11 is 5.61. The first-order valence-corrected chi connectivity index (χ1v) is 9.58. The number of rotatable bonds is 15. The summed E-state index contributed by atoms with van der Waals surface area (Å²) < 4.78 is 10.5. The summed E-state index contributed by atoms with van der Waals surface area (Å²) in [6, 6.07) is 0. The molecule has 0 spiro atoms. The molecule has 0 saturated carbocycles. The largest absolute Gasteiger partial charge is 0.466 e. The molecule has 0 aromatic carbocycles. The van der Waals surface area contributed by atoms with Crippen LogP contribution in [0.15, 0.2) is 0 Å². The Balaban J connectivity index is 3.54. The number of hydrogen-bond donors (Lipinski definition) is 0. The molecule has 0 aliphatic rings. The average molecular weight is 349 g/mol. The van der Waals surface area contributed by atoms with Gasteiger partial charge in [0, 0.05) is 5.88 Å². The molecular weight excluding hydrogens is 316 g/mol. The van der Waals surface area contributed by atoms with E-state index < -0.39 is 0 Å². The van der Waals surface area contributed by atoms with Gasteiger partial charge in [-0.25, -0.2) is 0 Å². The highest BCUT2D eigenvalue weighted by atomic mass is 35.5. The Morgan fingerprint density at radius 1 is 0.913 bits per heavy atom. The van der Waals surface area contributed by atoms with Gasteiger partial charge in [-0.1, -0.05) is 46.0 Å². The molecule has 0 aromatic rings. The molecule has 0 heterocycles. The number of ether oxygens (including phenoxy) is 2. The van der Waals surface area contributed by atoms with Gasteiger partial charge in [0.25, 0.3) is 0 Å². The van der Waals surface area contributed by atoms with Crippen LogP contribution in [-0.4, -0.2) is 30.5 Å². The standard InChI is InChI=1S/C18H33ClO4/c1-3-11-16(4-2)23-18(21)13-12-17(20)22-15-10-8-6-5-7-9-14-19/h16H,3-15H2,1-2H3. The zero-order chi connectivity index (χ0) is 17.3. The van der Waals surface area contributed by atoms with E-state index in [-0.39, 0.29) is 30.9 Å². The van der Waals surface area contributed by atoms with Crippen LogP contribution in [-0.2, 0) is 19.1 Å². The third kappa shape index (κ3) is 14.5. The number of esters is 2. The van der Waals surface area contributed by atoms with Crippen molar-refractivity contribution in [1.82, 2.24) is 0 Å². The van der Waals surface area contributed by atoms with Crippen LogP contribution in [0.5, 0.6) is 0 Å². The lowest BCUT2D eigenvalue weighted by atomic mass is 10.1. The van der Waals surface area contributed by atoms with Gasteiger partial charge in [-0.3, -0.25) is 9.59 Å². The highest BCUT2D eigenvalue weighted by Gasteiger charge is 2.13. The van der Waals surface area contributed by atoms with Crippen molar-refractivity contribution in [3.8, 4) is 0 Å². The van der Waals surface area contributed by atoms with Crippen LogP contribution in [0.3, 0.4) is 0 Å². The minimum absolute atomic E-state index is 0.0256. The summed E-state index contributed by atoms with van der Waals surface area (Å²) in [5.41, 5.74) is 0. The first-order chi connectivity index (χ1) is 11.1. The van der Waals surface area contributed by atoms with Crippen LogP contribution >= 0.6 is 11.6 Å². The maximum absolute atomic E-state index is 11.7. The lowest BCUT2D eigenvalue weighted by molar-refractivity contribution is -0.154. The van der Waals surface area contributed by atoms with Crippen LogP contribution in [0, 0.1) is 0 Å². The minimum atomic E-state index is -0.312. The van der Waals surface area contributed by atoms with Gasteiger partial charge in [0.2, 0.25) is 0 Å². The van der Waals surface area contributed by atoms with Gasteiger partial charge < -0.3 is 9.47 Å². The molecule has 0 aliphatic heterocycles. The Morgan fingerprint density at radius 2 is 1.52 bits per heavy atom. The molecule has 136 valence electrons.